The number of nitrogens with zero attached hydrogens (tertiary/aromatic N) is 4. The number of rotatable bonds is 11. The summed E-state index contributed by atoms with van der Waals surface area (Å²) in [4.78, 5) is 9.49. The van der Waals surface area contributed by atoms with Crippen LogP contribution in [0.3, 0.4) is 0 Å². The molecule has 2 aromatic heterocycles. The van der Waals surface area contributed by atoms with Gasteiger partial charge in [-0.05, 0) is 69.3 Å². The van der Waals surface area contributed by atoms with E-state index >= 15 is 0 Å². The Bertz CT molecular complexity index is 845. The van der Waals surface area contributed by atoms with Crippen molar-refractivity contribution in [1.29, 1.82) is 0 Å². The third-order valence-electron chi connectivity index (χ3n) is 7.52. The highest BCUT2D eigenvalue weighted by molar-refractivity contribution is 5.62. The van der Waals surface area contributed by atoms with Crippen LogP contribution < -0.4 is 5.32 Å². The molecule has 2 aromatic rings. The Labute approximate surface area is 187 Å². The topological polar surface area (TPSA) is 55.6 Å². The maximum absolute atomic E-state index is 4.97. The highest BCUT2D eigenvalue weighted by Gasteiger charge is 2.29. The summed E-state index contributed by atoms with van der Waals surface area (Å²) in [6.45, 7) is 2.31. The van der Waals surface area contributed by atoms with Crippen LogP contribution in [-0.4, -0.2) is 25.8 Å². The van der Waals surface area contributed by atoms with Gasteiger partial charge in [-0.3, -0.25) is 4.68 Å². The lowest BCUT2D eigenvalue weighted by molar-refractivity contribution is 0.366. The Morgan fingerprint density at radius 3 is 2.58 bits per heavy atom. The Morgan fingerprint density at radius 2 is 1.84 bits per heavy atom. The van der Waals surface area contributed by atoms with Gasteiger partial charge in [0.15, 0.2) is 0 Å². The Hall–Kier alpha value is -1.91. The fraction of sp³-hybridized carbons (Fsp3) is 0.731. The first kappa shape index (κ1) is 21.0. The van der Waals surface area contributed by atoms with Crippen LogP contribution in [0, 0.1) is 11.8 Å². The molecule has 0 radical (unpaired) electrons. The molecular weight excluding hydrogens is 382 g/mol. The molecule has 3 fully saturated rings. The number of aromatic nitrogens is 4. The minimum atomic E-state index is 0.522. The molecule has 1 unspecified atom stereocenters. The molecule has 0 aliphatic heterocycles. The van der Waals surface area contributed by atoms with E-state index in [4.69, 9.17) is 10.1 Å². The van der Waals surface area contributed by atoms with Gasteiger partial charge >= 0.3 is 0 Å². The third-order valence-corrected chi connectivity index (χ3v) is 7.52. The lowest BCUT2D eigenvalue weighted by Gasteiger charge is -2.23. The molecule has 5 nitrogen and oxygen atoms in total. The van der Waals surface area contributed by atoms with Gasteiger partial charge in [0, 0.05) is 23.5 Å². The van der Waals surface area contributed by atoms with Crippen LogP contribution in [-0.2, 0) is 6.42 Å². The minimum Gasteiger partial charge on any atom is -0.351 e. The molecule has 1 atom stereocenters. The first-order valence-electron chi connectivity index (χ1n) is 13.0. The smallest absolute Gasteiger partial charge is 0.223 e. The highest BCUT2D eigenvalue weighted by Crippen LogP contribution is 2.39. The number of hydrogen-bond acceptors (Lipinski definition) is 4. The molecule has 168 valence electrons. The second-order valence-electron chi connectivity index (χ2n) is 10.3. The summed E-state index contributed by atoms with van der Waals surface area (Å²) < 4.78 is 2.40. The van der Waals surface area contributed by atoms with E-state index in [1.807, 2.05) is 6.20 Å². The Balaban J connectivity index is 1.39. The van der Waals surface area contributed by atoms with E-state index in [2.05, 4.69) is 34.2 Å². The van der Waals surface area contributed by atoms with Crippen LogP contribution in [0.2, 0.25) is 0 Å². The van der Waals surface area contributed by atoms with Crippen molar-refractivity contribution in [2.24, 2.45) is 11.8 Å². The van der Waals surface area contributed by atoms with Gasteiger partial charge in [0.1, 0.15) is 0 Å². The number of hydrogen-bond donors (Lipinski definition) is 1. The quantitative estimate of drug-likeness (QED) is 0.446. The van der Waals surface area contributed by atoms with Gasteiger partial charge in [0.05, 0.1) is 17.9 Å². The highest BCUT2D eigenvalue weighted by atomic mass is 15.3. The molecule has 1 N–H and O–H groups in total. The monoisotopic (exact) mass is 421 g/mol. The molecule has 3 aliphatic rings. The van der Waals surface area contributed by atoms with Crippen molar-refractivity contribution in [3.8, 4) is 11.3 Å². The summed E-state index contributed by atoms with van der Waals surface area (Å²) in [5, 5.41) is 8.58. The van der Waals surface area contributed by atoms with E-state index < -0.39 is 0 Å². The van der Waals surface area contributed by atoms with Crippen LogP contribution in [0.5, 0.6) is 0 Å². The van der Waals surface area contributed by atoms with E-state index in [0.29, 0.717) is 12.1 Å². The van der Waals surface area contributed by atoms with Gasteiger partial charge < -0.3 is 5.32 Å². The van der Waals surface area contributed by atoms with Crippen molar-refractivity contribution in [2.75, 3.05) is 5.32 Å². The average molecular weight is 422 g/mol. The molecule has 0 bridgehead atoms. The molecule has 0 amide bonds. The van der Waals surface area contributed by atoms with Crippen LogP contribution in [0.1, 0.15) is 102 Å². The third kappa shape index (κ3) is 5.48. The molecule has 3 aliphatic carbocycles. The van der Waals surface area contributed by atoms with E-state index in [1.54, 1.807) is 0 Å². The van der Waals surface area contributed by atoms with Crippen LogP contribution >= 0.6 is 0 Å². The second-order valence-corrected chi connectivity index (χ2v) is 10.3. The molecule has 0 aromatic carbocycles. The summed E-state index contributed by atoms with van der Waals surface area (Å²) in [6, 6.07) is 3.13. The molecule has 5 heteroatoms. The molecule has 0 spiro atoms. The average Bonchev–Trinajstić information content (AvgIpc) is 3.71. The van der Waals surface area contributed by atoms with E-state index in [0.717, 1.165) is 29.9 Å². The fourth-order valence-corrected chi connectivity index (χ4v) is 5.28. The van der Waals surface area contributed by atoms with Gasteiger partial charge in [0.2, 0.25) is 5.95 Å². The van der Waals surface area contributed by atoms with Crippen molar-refractivity contribution in [1.82, 2.24) is 19.7 Å². The summed E-state index contributed by atoms with van der Waals surface area (Å²) >= 11 is 0. The summed E-state index contributed by atoms with van der Waals surface area (Å²) in [5.74, 6) is 2.60. The zero-order chi connectivity index (χ0) is 21.0. The summed E-state index contributed by atoms with van der Waals surface area (Å²) in [7, 11) is 0. The van der Waals surface area contributed by atoms with E-state index in [-0.39, 0.29) is 0 Å². The lowest BCUT2D eigenvalue weighted by atomic mass is 9.96. The van der Waals surface area contributed by atoms with Gasteiger partial charge in [0.25, 0.3) is 0 Å². The minimum absolute atomic E-state index is 0.522. The van der Waals surface area contributed by atoms with Crippen molar-refractivity contribution >= 4 is 5.95 Å². The Kier molecular flexibility index (Phi) is 6.56. The maximum atomic E-state index is 4.97. The molecule has 0 saturated heterocycles. The second kappa shape index (κ2) is 9.70. The number of anilines is 1. The first-order chi connectivity index (χ1) is 15.3. The van der Waals surface area contributed by atoms with Crippen LogP contribution in [0.25, 0.3) is 11.3 Å². The van der Waals surface area contributed by atoms with E-state index in [9.17, 15) is 0 Å². The molecule has 2 heterocycles. The molecular formula is C26H39N5. The summed E-state index contributed by atoms with van der Waals surface area (Å²) in [5.41, 5.74) is 3.68. The normalized spacial score (nSPS) is 20.7. The van der Waals surface area contributed by atoms with Crippen LogP contribution in [0.4, 0.5) is 5.95 Å². The van der Waals surface area contributed by atoms with Gasteiger partial charge in [-0.25, -0.2) is 9.97 Å². The van der Waals surface area contributed by atoms with Crippen molar-refractivity contribution in [3.63, 3.8) is 0 Å². The summed E-state index contributed by atoms with van der Waals surface area (Å²) in [6.07, 6.45) is 22.3. The lowest BCUT2D eigenvalue weighted by Crippen LogP contribution is -2.23. The fourth-order valence-electron chi connectivity index (χ4n) is 5.28. The Morgan fingerprint density at radius 1 is 1.03 bits per heavy atom. The van der Waals surface area contributed by atoms with Crippen molar-refractivity contribution in [2.45, 2.75) is 109 Å². The zero-order valence-electron chi connectivity index (χ0n) is 19.2. The maximum Gasteiger partial charge on any atom is 0.223 e. The SMILES string of the molecule is CCCC(CCC1CC1)n1ncc(-c2ccnc(NC3CCCCC3)n2)c1CC1CC1. The zero-order valence-corrected chi connectivity index (χ0v) is 19.2. The van der Waals surface area contributed by atoms with Crippen molar-refractivity contribution in [3.05, 3.63) is 24.2 Å². The predicted molar refractivity (Wildman–Crippen MR) is 126 cm³/mol. The standard InChI is InChI=1S/C26H39N5/c1-2-6-22(14-13-19-9-10-19)31-25(17-20-11-12-20)23(18-28-31)24-15-16-27-26(30-24)29-21-7-4-3-5-8-21/h15-16,18-22H,2-14,17H2,1H3,(H,27,29,30). The predicted octanol–water partition coefficient (Wildman–Crippen LogP) is 6.57. The molecule has 5 rings (SSSR count). The van der Waals surface area contributed by atoms with Crippen molar-refractivity contribution < 1.29 is 0 Å². The van der Waals surface area contributed by atoms with Gasteiger partial charge in [-0.15, -0.1) is 0 Å². The van der Waals surface area contributed by atoms with Crippen LogP contribution in [0.15, 0.2) is 18.5 Å². The molecule has 31 heavy (non-hydrogen) atoms. The van der Waals surface area contributed by atoms with E-state index in [1.165, 1.54) is 94.7 Å². The van der Waals surface area contributed by atoms with Gasteiger partial charge in [-0.2, -0.15) is 5.10 Å². The largest absolute Gasteiger partial charge is 0.351 e. The first-order valence-corrected chi connectivity index (χ1v) is 13.0. The number of nitrogens with one attached hydrogen (secondary N) is 1. The van der Waals surface area contributed by atoms with Gasteiger partial charge in [-0.1, -0.05) is 45.4 Å². The molecule has 3 saturated carbocycles.